The summed E-state index contributed by atoms with van der Waals surface area (Å²) in [6.45, 7) is 0.440. The standard InChI is InChI=1S/C20H19N5O3/c21-19-15-7-8-25(20(15)23-11-22-19)18-6-4-14(28-18)10-27-13-3-1-12-2-5-17(26)24-16(12)9-13/h1-3,5,7-9,11,14,18H,4,6,10H2,(H,24,26)(H2,21,22,23)/t14-,18+/m0/s1. The molecule has 8 heteroatoms. The fourth-order valence-corrected chi connectivity index (χ4v) is 3.64. The lowest BCUT2D eigenvalue weighted by Crippen LogP contribution is -2.18. The van der Waals surface area contributed by atoms with Crippen LogP contribution in [0.25, 0.3) is 21.9 Å². The van der Waals surface area contributed by atoms with Gasteiger partial charge in [-0.1, -0.05) is 0 Å². The first-order valence-electron chi connectivity index (χ1n) is 9.16. The van der Waals surface area contributed by atoms with Gasteiger partial charge >= 0.3 is 0 Å². The Hall–Kier alpha value is -3.39. The molecule has 0 spiro atoms. The molecule has 0 aliphatic carbocycles. The van der Waals surface area contributed by atoms with E-state index in [-0.39, 0.29) is 17.9 Å². The molecular formula is C20H19N5O3. The van der Waals surface area contributed by atoms with Gasteiger partial charge in [-0.05, 0) is 42.5 Å². The van der Waals surface area contributed by atoms with E-state index in [9.17, 15) is 4.79 Å². The Kier molecular flexibility index (Phi) is 3.98. The van der Waals surface area contributed by atoms with Crippen molar-refractivity contribution in [2.45, 2.75) is 25.2 Å². The average Bonchev–Trinajstić information content (AvgIpc) is 3.33. The molecule has 0 saturated carbocycles. The van der Waals surface area contributed by atoms with E-state index in [4.69, 9.17) is 15.2 Å². The van der Waals surface area contributed by atoms with Crippen LogP contribution < -0.4 is 16.0 Å². The number of benzene rings is 1. The molecule has 1 aliphatic heterocycles. The fraction of sp³-hybridized carbons (Fsp3) is 0.250. The number of nitrogens with one attached hydrogen (secondary N) is 1. The van der Waals surface area contributed by atoms with Crippen molar-refractivity contribution in [2.75, 3.05) is 12.3 Å². The molecule has 142 valence electrons. The van der Waals surface area contributed by atoms with E-state index >= 15 is 0 Å². The quantitative estimate of drug-likeness (QED) is 0.566. The van der Waals surface area contributed by atoms with Crippen LogP contribution in [0.5, 0.6) is 5.75 Å². The van der Waals surface area contributed by atoms with Crippen LogP contribution in [-0.2, 0) is 4.74 Å². The Morgan fingerprint density at radius 3 is 3.04 bits per heavy atom. The number of aromatic amines is 1. The van der Waals surface area contributed by atoms with E-state index in [1.807, 2.05) is 35.0 Å². The minimum absolute atomic E-state index is 0.0212. The third-order valence-electron chi connectivity index (χ3n) is 5.07. The zero-order valence-corrected chi connectivity index (χ0v) is 15.0. The summed E-state index contributed by atoms with van der Waals surface area (Å²) >= 11 is 0. The van der Waals surface area contributed by atoms with Crippen LogP contribution >= 0.6 is 0 Å². The van der Waals surface area contributed by atoms with Crippen LogP contribution in [0, 0.1) is 0 Å². The third-order valence-corrected chi connectivity index (χ3v) is 5.07. The Morgan fingerprint density at radius 2 is 2.11 bits per heavy atom. The van der Waals surface area contributed by atoms with Gasteiger partial charge in [-0.2, -0.15) is 0 Å². The van der Waals surface area contributed by atoms with Crippen molar-refractivity contribution in [1.82, 2.24) is 19.5 Å². The van der Waals surface area contributed by atoms with Gasteiger partial charge in [-0.25, -0.2) is 9.97 Å². The molecule has 0 bridgehead atoms. The molecule has 0 radical (unpaired) electrons. The first kappa shape index (κ1) is 16.8. The van der Waals surface area contributed by atoms with E-state index in [0.717, 1.165) is 34.8 Å². The lowest BCUT2D eigenvalue weighted by molar-refractivity contribution is -0.0156. The van der Waals surface area contributed by atoms with Crippen LogP contribution in [-0.4, -0.2) is 32.2 Å². The summed E-state index contributed by atoms with van der Waals surface area (Å²) in [6.07, 6.45) is 5.03. The number of nitrogens with zero attached hydrogens (tertiary/aromatic N) is 3. The molecule has 0 unspecified atom stereocenters. The highest BCUT2D eigenvalue weighted by Gasteiger charge is 2.28. The van der Waals surface area contributed by atoms with Gasteiger partial charge in [0.15, 0.2) is 0 Å². The monoisotopic (exact) mass is 377 g/mol. The molecule has 8 nitrogen and oxygen atoms in total. The third kappa shape index (κ3) is 2.97. The number of fused-ring (bicyclic) bond motifs is 2. The zero-order valence-electron chi connectivity index (χ0n) is 15.0. The molecule has 0 amide bonds. The molecule has 4 aromatic rings. The van der Waals surface area contributed by atoms with Crippen molar-refractivity contribution >= 4 is 27.8 Å². The molecule has 1 fully saturated rings. The van der Waals surface area contributed by atoms with E-state index in [2.05, 4.69) is 15.0 Å². The minimum Gasteiger partial charge on any atom is -0.491 e. The molecule has 1 aromatic carbocycles. The van der Waals surface area contributed by atoms with Crippen molar-refractivity contribution in [3.63, 3.8) is 0 Å². The summed E-state index contributed by atoms with van der Waals surface area (Å²) in [7, 11) is 0. The van der Waals surface area contributed by atoms with E-state index in [1.165, 1.54) is 12.4 Å². The molecule has 1 aliphatic rings. The lowest BCUT2D eigenvalue weighted by atomic mass is 10.2. The van der Waals surface area contributed by atoms with Crippen molar-refractivity contribution in [1.29, 1.82) is 0 Å². The number of hydrogen-bond donors (Lipinski definition) is 2. The minimum atomic E-state index is -0.130. The summed E-state index contributed by atoms with van der Waals surface area (Å²) in [5.41, 5.74) is 7.31. The molecule has 28 heavy (non-hydrogen) atoms. The number of nitrogens with two attached hydrogens (primary N) is 1. The summed E-state index contributed by atoms with van der Waals surface area (Å²) in [5, 5.41) is 1.79. The fourth-order valence-electron chi connectivity index (χ4n) is 3.64. The molecule has 1 saturated heterocycles. The SMILES string of the molecule is Nc1ncnc2c1ccn2[C@H]1CC[C@@H](COc2ccc3ccc(=O)[nH]c3c2)O1. The van der Waals surface area contributed by atoms with Gasteiger partial charge in [0.2, 0.25) is 5.56 Å². The van der Waals surface area contributed by atoms with E-state index in [0.29, 0.717) is 18.2 Å². The van der Waals surface area contributed by atoms with Gasteiger partial charge < -0.3 is 24.8 Å². The zero-order chi connectivity index (χ0) is 19.1. The maximum Gasteiger partial charge on any atom is 0.248 e. The van der Waals surface area contributed by atoms with Gasteiger partial charge in [0.1, 0.15) is 36.4 Å². The Bertz CT molecular complexity index is 1220. The van der Waals surface area contributed by atoms with Crippen molar-refractivity contribution in [3.05, 3.63) is 59.3 Å². The maximum absolute atomic E-state index is 11.5. The number of nitrogen functional groups attached to an aromatic ring is 1. The predicted molar refractivity (Wildman–Crippen MR) is 105 cm³/mol. The van der Waals surface area contributed by atoms with Crippen molar-refractivity contribution in [2.24, 2.45) is 0 Å². The van der Waals surface area contributed by atoms with Crippen LogP contribution in [0.2, 0.25) is 0 Å². The normalized spacial score (nSPS) is 19.4. The van der Waals surface area contributed by atoms with Gasteiger partial charge in [-0.15, -0.1) is 0 Å². The lowest BCUT2D eigenvalue weighted by Gasteiger charge is -2.16. The maximum atomic E-state index is 11.5. The van der Waals surface area contributed by atoms with Gasteiger partial charge in [0.05, 0.1) is 17.0 Å². The predicted octanol–water partition coefficient (Wildman–Crippen LogP) is 2.61. The Labute approximate surface area is 159 Å². The second-order valence-corrected chi connectivity index (χ2v) is 6.89. The second kappa shape index (κ2) is 6.65. The number of hydrogen-bond acceptors (Lipinski definition) is 6. The molecule has 3 N–H and O–H groups in total. The smallest absolute Gasteiger partial charge is 0.248 e. The van der Waals surface area contributed by atoms with Gasteiger partial charge in [-0.3, -0.25) is 4.79 Å². The summed E-state index contributed by atoms with van der Waals surface area (Å²) < 4.78 is 14.1. The highest BCUT2D eigenvalue weighted by Crippen LogP contribution is 2.32. The van der Waals surface area contributed by atoms with Gasteiger partial charge in [0, 0.05) is 18.3 Å². The highest BCUT2D eigenvalue weighted by atomic mass is 16.6. The number of anilines is 1. The highest BCUT2D eigenvalue weighted by molar-refractivity contribution is 5.86. The number of pyridine rings is 1. The molecular weight excluding hydrogens is 358 g/mol. The number of rotatable bonds is 4. The Morgan fingerprint density at radius 1 is 1.21 bits per heavy atom. The summed E-state index contributed by atoms with van der Waals surface area (Å²) in [6, 6.07) is 10.9. The van der Waals surface area contributed by atoms with Gasteiger partial charge in [0.25, 0.3) is 0 Å². The second-order valence-electron chi connectivity index (χ2n) is 6.89. The van der Waals surface area contributed by atoms with Crippen LogP contribution in [0.4, 0.5) is 5.82 Å². The van der Waals surface area contributed by atoms with Crippen LogP contribution in [0.3, 0.4) is 0 Å². The largest absolute Gasteiger partial charge is 0.491 e. The van der Waals surface area contributed by atoms with Crippen LogP contribution in [0.15, 0.2) is 53.7 Å². The first-order chi connectivity index (χ1) is 13.7. The topological polar surface area (TPSA) is 108 Å². The first-order valence-corrected chi connectivity index (χ1v) is 9.16. The number of ether oxygens (including phenoxy) is 2. The van der Waals surface area contributed by atoms with Crippen molar-refractivity contribution < 1.29 is 9.47 Å². The molecule has 5 rings (SSSR count). The van der Waals surface area contributed by atoms with Crippen LogP contribution in [0.1, 0.15) is 19.1 Å². The molecule has 2 atom stereocenters. The number of aromatic nitrogens is 4. The summed E-state index contributed by atoms with van der Waals surface area (Å²) in [4.78, 5) is 22.7. The number of H-pyrrole nitrogens is 1. The molecule has 3 aromatic heterocycles. The summed E-state index contributed by atoms with van der Waals surface area (Å²) in [5.74, 6) is 1.17. The van der Waals surface area contributed by atoms with E-state index < -0.39 is 0 Å². The van der Waals surface area contributed by atoms with E-state index in [1.54, 1.807) is 6.07 Å². The van der Waals surface area contributed by atoms with Crippen molar-refractivity contribution in [3.8, 4) is 5.75 Å². The average molecular weight is 377 g/mol. The Balaban J connectivity index is 1.28. The molecule has 4 heterocycles.